The van der Waals surface area contributed by atoms with Gasteiger partial charge in [-0.2, -0.15) is 9.40 Å². The lowest BCUT2D eigenvalue weighted by molar-refractivity contribution is 0.148. The lowest BCUT2D eigenvalue weighted by Gasteiger charge is -2.39. The summed E-state index contributed by atoms with van der Waals surface area (Å²) in [5.74, 6) is -0.290. The molecule has 3 heterocycles. The number of rotatable bonds is 4. The highest BCUT2D eigenvalue weighted by Gasteiger charge is 2.35. The molecule has 0 aliphatic carbocycles. The second kappa shape index (κ2) is 8.28. The van der Waals surface area contributed by atoms with Crippen molar-refractivity contribution in [2.24, 2.45) is 0 Å². The Balaban J connectivity index is 1.50. The van der Waals surface area contributed by atoms with Crippen molar-refractivity contribution < 1.29 is 12.8 Å². The van der Waals surface area contributed by atoms with Crippen LogP contribution in [0.3, 0.4) is 0 Å². The number of nitrogens with zero attached hydrogens (tertiary/aromatic N) is 5. The van der Waals surface area contributed by atoms with Crippen molar-refractivity contribution >= 4 is 32.3 Å². The Hall–Kier alpha value is -2.66. The molecule has 1 aliphatic rings. The van der Waals surface area contributed by atoms with Gasteiger partial charge < -0.3 is 0 Å². The van der Waals surface area contributed by atoms with Gasteiger partial charge in [0.25, 0.3) is 10.0 Å². The summed E-state index contributed by atoms with van der Waals surface area (Å²) in [5, 5.41) is 7.92. The first-order valence-corrected chi connectivity index (χ1v) is 12.9. The summed E-state index contributed by atoms with van der Waals surface area (Å²) in [6, 6.07) is 10.3. The van der Waals surface area contributed by atoms with E-state index in [0.29, 0.717) is 19.6 Å². The van der Waals surface area contributed by atoms with Crippen molar-refractivity contribution in [3.05, 3.63) is 69.9 Å². The molecular weight excluding hydrogens is 461 g/mol. The van der Waals surface area contributed by atoms with Crippen LogP contribution in [-0.4, -0.2) is 59.1 Å². The number of thiazole rings is 1. The highest BCUT2D eigenvalue weighted by Crippen LogP contribution is 2.33. The number of hydrogen-bond acceptors (Lipinski definition) is 6. The quantitative estimate of drug-likeness (QED) is 0.438. The van der Waals surface area contributed by atoms with Gasteiger partial charge in [-0.25, -0.2) is 22.5 Å². The predicted molar refractivity (Wildman–Crippen MR) is 127 cm³/mol. The van der Waals surface area contributed by atoms with Crippen LogP contribution >= 0.6 is 11.3 Å². The Morgan fingerprint density at radius 3 is 2.58 bits per heavy atom. The van der Waals surface area contributed by atoms with Crippen LogP contribution in [0.5, 0.6) is 0 Å². The van der Waals surface area contributed by atoms with E-state index >= 15 is 0 Å². The number of sulfonamides is 1. The molecule has 0 bridgehead atoms. The van der Waals surface area contributed by atoms with E-state index in [0.717, 1.165) is 32.7 Å². The molecule has 0 radical (unpaired) electrons. The second-order valence-electron chi connectivity index (χ2n) is 8.36. The van der Waals surface area contributed by atoms with Crippen LogP contribution in [0.1, 0.15) is 22.2 Å². The lowest BCUT2D eigenvalue weighted by Crippen LogP contribution is -2.49. The number of piperazine rings is 1. The van der Waals surface area contributed by atoms with Crippen molar-refractivity contribution in [3.8, 4) is 5.69 Å². The zero-order valence-corrected chi connectivity index (χ0v) is 20.2. The van der Waals surface area contributed by atoms with Gasteiger partial charge in [-0.15, -0.1) is 11.3 Å². The molecule has 2 aromatic heterocycles. The second-order valence-corrected chi connectivity index (χ2v) is 11.3. The van der Waals surface area contributed by atoms with Crippen LogP contribution in [-0.2, 0) is 10.0 Å². The average molecular weight is 486 g/mol. The van der Waals surface area contributed by atoms with Crippen LogP contribution < -0.4 is 0 Å². The Kier molecular flexibility index (Phi) is 5.56. The summed E-state index contributed by atoms with van der Waals surface area (Å²) in [6.07, 6.45) is 1.79. The fraction of sp³-hybridized carbons (Fsp3) is 0.304. The van der Waals surface area contributed by atoms with E-state index in [1.807, 2.05) is 14.0 Å². The Labute approximate surface area is 196 Å². The van der Waals surface area contributed by atoms with Gasteiger partial charge >= 0.3 is 0 Å². The zero-order chi connectivity index (χ0) is 23.3. The molecule has 0 saturated carbocycles. The number of likely N-dealkylation sites (N-methyl/N-ethyl adjacent to an activating group) is 1. The number of aromatic nitrogens is 3. The molecule has 0 N–H and O–H groups in total. The lowest BCUT2D eigenvalue weighted by atomic mass is 9.97. The van der Waals surface area contributed by atoms with Crippen LogP contribution in [0.2, 0.25) is 0 Å². The van der Waals surface area contributed by atoms with E-state index in [9.17, 15) is 12.8 Å². The SMILES string of the molecule is Cc1nc(S(=O)(=O)N2CCN(C)[C@@H](c3cc4cnn(-c5ccc(F)cc5)c4cc3C)C2)cs1. The Morgan fingerprint density at radius 1 is 1.12 bits per heavy atom. The normalized spacial score (nSPS) is 18.2. The van der Waals surface area contributed by atoms with Crippen LogP contribution in [0, 0.1) is 19.7 Å². The van der Waals surface area contributed by atoms with Crippen molar-refractivity contribution in [2.45, 2.75) is 24.9 Å². The molecule has 4 aromatic rings. The largest absolute Gasteiger partial charge is 0.297 e. The van der Waals surface area contributed by atoms with Gasteiger partial charge in [-0.1, -0.05) is 0 Å². The van der Waals surface area contributed by atoms with E-state index in [1.54, 1.807) is 35.3 Å². The number of fused-ring (bicyclic) bond motifs is 1. The third kappa shape index (κ3) is 3.97. The third-order valence-electron chi connectivity index (χ3n) is 6.20. The molecule has 2 aromatic carbocycles. The fourth-order valence-electron chi connectivity index (χ4n) is 4.34. The van der Waals surface area contributed by atoms with Crippen molar-refractivity contribution in [2.75, 3.05) is 26.7 Å². The molecule has 1 fully saturated rings. The van der Waals surface area contributed by atoms with Crippen LogP contribution in [0.25, 0.3) is 16.6 Å². The summed E-state index contributed by atoms with van der Waals surface area (Å²) in [7, 11) is -1.62. The number of benzene rings is 2. The van der Waals surface area contributed by atoms with Gasteiger partial charge in [0.2, 0.25) is 0 Å². The van der Waals surface area contributed by atoms with Gasteiger partial charge in [0.05, 0.1) is 22.4 Å². The maximum absolute atomic E-state index is 13.3. The van der Waals surface area contributed by atoms with Gasteiger partial charge in [0.15, 0.2) is 5.03 Å². The molecule has 1 aliphatic heterocycles. The molecule has 0 unspecified atom stereocenters. The first kappa shape index (κ1) is 22.1. The summed E-state index contributed by atoms with van der Waals surface area (Å²) in [5.41, 5.74) is 3.82. The van der Waals surface area contributed by atoms with E-state index in [4.69, 9.17) is 0 Å². The fourth-order valence-corrected chi connectivity index (χ4v) is 6.68. The Morgan fingerprint density at radius 2 is 1.88 bits per heavy atom. The number of hydrogen-bond donors (Lipinski definition) is 0. The molecule has 33 heavy (non-hydrogen) atoms. The van der Waals surface area contributed by atoms with Gasteiger partial charge in [0, 0.05) is 36.4 Å². The van der Waals surface area contributed by atoms with Crippen molar-refractivity contribution in [1.29, 1.82) is 0 Å². The summed E-state index contributed by atoms with van der Waals surface area (Å²) >= 11 is 1.34. The Bertz CT molecular complexity index is 1430. The molecule has 0 amide bonds. The molecule has 172 valence electrons. The van der Waals surface area contributed by atoms with Gasteiger partial charge in [0.1, 0.15) is 5.82 Å². The number of aryl methyl sites for hydroxylation is 2. The molecular formula is C23H24FN5O2S2. The summed E-state index contributed by atoms with van der Waals surface area (Å²) in [6.45, 7) is 5.24. The first-order chi connectivity index (χ1) is 15.7. The standard InChI is InChI=1S/C23H24FN5O2S2/c1-15-10-21-17(12-25-29(21)19-6-4-18(24)5-7-19)11-20(15)22-13-28(9-8-27(22)3)33(30,31)23-14-32-16(2)26-23/h4-7,10-12,14,22H,8-9,13H2,1-3H3/t22-/m1/s1. The third-order valence-corrected chi connectivity index (χ3v) is 8.87. The van der Waals surface area contributed by atoms with E-state index in [1.165, 1.54) is 27.8 Å². The van der Waals surface area contributed by atoms with Crippen molar-refractivity contribution in [1.82, 2.24) is 24.0 Å². The summed E-state index contributed by atoms with van der Waals surface area (Å²) < 4.78 is 43.0. The number of halogens is 1. The predicted octanol–water partition coefficient (Wildman–Crippen LogP) is 3.92. The maximum Gasteiger partial charge on any atom is 0.261 e. The average Bonchev–Trinajstić information content (AvgIpc) is 3.40. The maximum atomic E-state index is 13.3. The van der Waals surface area contributed by atoms with Crippen LogP contribution in [0.15, 0.2) is 53.0 Å². The van der Waals surface area contributed by atoms with E-state index in [-0.39, 0.29) is 16.9 Å². The molecule has 1 saturated heterocycles. The molecule has 0 spiro atoms. The molecule has 5 rings (SSSR count). The van der Waals surface area contributed by atoms with Gasteiger partial charge in [-0.05, 0) is 68.4 Å². The minimum Gasteiger partial charge on any atom is -0.297 e. The van der Waals surface area contributed by atoms with E-state index in [2.05, 4.69) is 27.1 Å². The minimum absolute atomic E-state index is 0.0909. The molecule has 1 atom stereocenters. The highest BCUT2D eigenvalue weighted by molar-refractivity contribution is 7.89. The minimum atomic E-state index is -3.64. The topological polar surface area (TPSA) is 71.3 Å². The first-order valence-electron chi connectivity index (χ1n) is 10.6. The van der Waals surface area contributed by atoms with Crippen molar-refractivity contribution in [3.63, 3.8) is 0 Å². The zero-order valence-electron chi connectivity index (χ0n) is 18.6. The van der Waals surface area contributed by atoms with Crippen LogP contribution in [0.4, 0.5) is 4.39 Å². The highest BCUT2D eigenvalue weighted by atomic mass is 32.2. The van der Waals surface area contributed by atoms with Gasteiger partial charge in [-0.3, -0.25) is 4.90 Å². The monoisotopic (exact) mass is 485 g/mol. The molecule has 7 nitrogen and oxygen atoms in total. The summed E-state index contributed by atoms with van der Waals surface area (Å²) in [4.78, 5) is 6.40. The molecule has 10 heteroatoms. The smallest absolute Gasteiger partial charge is 0.261 e. The van der Waals surface area contributed by atoms with E-state index < -0.39 is 10.0 Å².